The first kappa shape index (κ1) is 19.5. The first-order valence-electron chi connectivity index (χ1n) is 8.71. The Morgan fingerprint density at radius 1 is 1.30 bits per heavy atom. The minimum Gasteiger partial charge on any atom is -0.349 e. The second kappa shape index (κ2) is 8.63. The van der Waals surface area contributed by atoms with Crippen molar-refractivity contribution in [2.45, 2.75) is 32.9 Å². The summed E-state index contributed by atoms with van der Waals surface area (Å²) in [7, 11) is 0. The van der Waals surface area contributed by atoms with E-state index >= 15 is 0 Å². The summed E-state index contributed by atoms with van der Waals surface area (Å²) in [6.45, 7) is 4.47. The molecule has 27 heavy (non-hydrogen) atoms. The first-order chi connectivity index (χ1) is 13.0. The summed E-state index contributed by atoms with van der Waals surface area (Å²) in [6.07, 6.45) is 0.321. The van der Waals surface area contributed by atoms with Crippen molar-refractivity contribution in [3.05, 3.63) is 68.9 Å². The summed E-state index contributed by atoms with van der Waals surface area (Å²) in [5.41, 5.74) is 3.17. The van der Waals surface area contributed by atoms with Gasteiger partial charge in [-0.3, -0.25) is 14.5 Å². The summed E-state index contributed by atoms with van der Waals surface area (Å²) in [5, 5.41) is 10.2. The van der Waals surface area contributed by atoms with Crippen LogP contribution in [0.5, 0.6) is 0 Å². The molecule has 0 saturated heterocycles. The van der Waals surface area contributed by atoms with Crippen LogP contribution in [0.15, 0.2) is 53.0 Å². The Morgan fingerprint density at radius 3 is 2.81 bits per heavy atom. The van der Waals surface area contributed by atoms with Crippen molar-refractivity contribution in [3.8, 4) is 11.4 Å². The van der Waals surface area contributed by atoms with Gasteiger partial charge in [0.15, 0.2) is 10.6 Å². The number of aryl methyl sites for hydroxylation is 1. The molecule has 1 atom stereocenters. The molecule has 0 saturated carbocycles. The van der Waals surface area contributed by atoms with Crippen molar-refractivity contribution < 1.29 is 4.79 Å². The molecular formula is C20H21BrN4OS. The predicted molar refractivity (Wildman–Crippen MR) is 113 cm³/mol. The predicted octanol–water partition coefficient (Wildman–Crippen LogP) is 4.95. The molecule has 140 valence electrons. The van der Waals surface area contributed by atoms with Crippen LogP contribution in [0.25, 0.3) is 11.4 Å². The molecule has 0 aliphatic rings. The lowest BCUT2D eigenvalue weighted by Gasteiger charge is -2.16. The zero-order valence-corrected chi connectivity index (χ0v) is 17.6. The number of H-pyrrole nitrogens is 1. The third-order valence-electron chi connectivity index (χ3n) is 4.35. The average Bonchev–Trinajstić information content (AvgIpc) is 3.01. The summed E-state index contributed by atoms with van der Waals surface area (Å²) in [5.74, 6) is 0.715. The van der Waals surface area contributed by atoms with Crippen molar-refractivity contribution in [1.29, 1.82) is 0 Å². The molecule has 1 aromatic heterocycles. The third kappa shape index (κ3) is 4.73. The number of halogens is 1. The Morgan fingerprint density at radius 2 is 2.07 bits per heavy atom. The fraction of sp³-hybridized carbons (Fsp3) is 0.250. The van der Waals surface area contributed by atoms with Gasteiger partial charge in [0.05, 0.1) is 6.04 Å². The van der Waals surface area contributed by atoms with Crippen molar-refractivity contribution >= 4 is 34.1 Å². The molecule has 0 radical (unpaired) electrons. The largest absolute Gasteiger partial charge is 0.349 e. The summed E-state index contributed by atoms with van der Waals surface area (Å²) >= 11 is 8.87. The number of amides is 1. The molecule has 5 nitrogen and oxygen atoms in total. The number of aromatic amines is 1. The highest BCUT2D eigenvalue weighted by Gasteiger charge is 2.14. The minimum atomic E-state index is -0.0818. The van der Waals surface area contributed by atoms with Crippen LogP contribution in [0.1, 0.15) is 30.5 Å². The molecular weight excluding hydrogens is 424 g/mol. The van der Waals surface area contributed by atoms with Crippen LogP contribution in [0.4, 0.5) is 0 Å². The van der Waals surface area contributed by atoms with Gasteiger partial charge in [-0.1, -0.05) is 57.9 Å². The number of hydrogen-bond acceptors (Lipinski definition) is 3. The van der Waals surface area contributed by atoms with E-state index in [0.717, 1.165) is 27.0 Å². The molecule has 3 aromatic rings. The number of aromatic nitrogens is 3. The lowest BCUT2D eigenvalue weighted by atomic mass is 10.1. The van der Waals surface area contributed by atoms with E-state index in [1.54, 1.807) is 0 Å². The van der Waals surface area contributed by atoms with Gasteiger partial charge < -0.3 is 5.32 Å². The maximum Gasteiger partial charge on any atom is 0.222 e. The van der Waals surface area contributed by atoms with E-state index in [0.29, 0.717) is 17.7 Å². The number of hydrogen-bond donors (Lipinski definition) is 2. The van der Waals surface area contributed by atoms with Crippen LogP contribution in [-0.2, 0) is 11.3 Å². The Kier molecular flexibility index (Phi) is 6.23. The number of carbonyl (C=O) groups is 1. The standard InChI is InChI=1S/C20H21BrN4OS/c1-13-6-5-7-15(12-13)19-23-24-20(27)25(19)11-10-18(26)22-14(2)16-8-3-4-9-17(16)21/h3-9,12,14H,10-11H2,1-2H3,(H,22,26)(H,24,27)/t14-/m1/s1. The molecule has 1 amide bonds. The smallest absolute Gasteiger partial charge is 0.222 e. The Labute approximate surface area is 171 Å². The van der Waals surface area contributed by atoms with Crippen molar-refractivity contribution in [3.63, 3.8) is 0 Å². The van der Waals surface area contributed by atoms with Crippen LogP contribution in [0.3, 0.4) is 0 Å². The monoisotopic (exact) mass is 444 g/mol. The number of carbonyl (C=O) groups excluding carboxylic acids is 1. The van der Waals surface area contributed by atoms with E-state index in [-0.39, 0.29) is 11.9 Å². The topological polar surface area (TPSA) is 62.7 Å². The quantitative estimate of drug-likeness (QED) is 0.528. The molecule has 0 aliphatic carbocycles. The second-order valence-electron chi connectivity index (χ2n) is 6.43. The fourth-order valence-corrected chi connectivity index (χ4v) is 3.81. The first-order valence-corrected chi connectivity index (χ1v) is 9.92. The molecule has 1 heterocycles. The van der Waals surface area contributed by atoms with Gasteiger partial charge >= 0.3 is 0 Å². The lowest BCUT2D eigenvalue weighted by Crippen LogP contribution is -2.27. The number of rotatable bonds is 6. The zero-order valence-electron chi connectivity index (χ0n) is 15.2. The van der Waals surface area contributed by atoms with Gasteiger partial charge in [0, 0.05) is 23.0 Å². The van der Waals surface area contributed by atoms with Gasteiger partial charge in [0.1, 0.15) is 0 Å². The van der Waals surface area contributed by atoms with Gasteiger partial charge in [-0.15, -0.1) is 0 Å². The summed E-state index contributed by atoms with van der Waals surface area (Å²) < 4.78 is 3.36. The lowest BCUT2D eigenvalue weighted by molar-refractivity contribution is -0.121. The van der Waals surface area contributed by atoms with E-state index in [9.17, 15) is 4.79 Å². The van der Waals surface area contributed by atoms with Gasteiger partial charge in [0.2, 0.25) is 5.91 Å². The van der Waals surface area contributed by atoms with E-state index in [2.05, 4.69) is 37.5 Å². The number of nitrogens with zero attached hydrogens (tertiary/aromatic N) is 2. The minimum absolute atomic E-state index is 0.0310. The average molecular weight is 445 g/mol. The molecule has 0 bridgehead atoms. The van der Waals surface area contributed by atoms with Gasteiger partial charge in [0.25, 0.3) is 0 Å². The molecule has 2 aromatic carbocycles. The van der Waals surface area contributed by atoms with Crippen molar-refractivity contribution in [1.82, 2.24) is 20.1 Å². The highest BCUT2D eigenvalue weighted by Crippen LogP contribution is 2.23. The second-order valence-corrected chi connectivity index (χ2v) is 7.68. The van der Waals surface area contributed by atoms with E-state index in [1.807, 2.05) is 60.9 Å². The SMILES string of the molecule is Cc1cccc(-c2n[nH]c(=S)n2CCC(=O)N[C@H](C)c2ccccc2Br)c1. The molecule has 7 heteroatoms. The van der Waals surface area contributed by atoms with E-state index < -0.39 is 0 Å². The Balaban J connectivity index is 1.69. The molecule has 2 N–H and O–H groups in total. The molecule has 0 aliphatic heterocycles. The van der Waals surface area contributed by atoms with Crippen LogP contribution < -0.4 is 5.32 Å². The highest BCUT2D eigenvalue weighted by atomic mass is 79.9. The Hall–Kier alpha value is -2.25. The zero-order chi connectivity index (χ0) is 19.4. The van der Waals surface area contributed by atoms with Crippen molar-refractivity contribution in [2.75, 3.05) is 0 Å². The Bertz CT molecular complexity index is 1010. The third-order valence-corrected chi connectivity index (χ3v) is 5.38. The molecule has 0 unspecified atom stereocenters. The maximum absolute atomic E-state index is 12.4. The van der Waals surface area contributed by atoms with Crippen LogP contribution in [-0.4, -0.2) is 20.7 Å². The maximum atomic E-state index is 12.4. The van der Waals surface area contributed by atoms with Crippen LogP contribution in [0.2, 0.25) is 0 Å². The van der Waals surface area contributed by atoms with Crippen molar-refractivity contribution in [2.24, 2.45) is 0 Å². The molecule has 0 fully saturated rings. The normalized spacial score (nSPS) is 12.0. The van der Waals surface area contributed by atoms with Gasteiger partial charge in [-0.25, -0.2) is 0 Å². The molecule has 0 spiro atoms. The van der Waals surface area contributed by atoms with Crippen LogP contribution in [0, 0.1) is 11.7 Å². The van der Waals surface area contributed by atoms with E-state index in [4.69, 9.17) is 12.2 Å². The highest BCUT2D eigenvalue weighted by molar-refractivity contribution is 9.10. The summed E-state index contributed by atoms with van der Waals surface area (Å²) in [4.78, 5) is 12.4. The number of benzene rings is 2. The van der Waals surface area contributed by atoms with E-state index in [1.165, 1.54) is 0 Å². The summed E-state index contributed by atoms with van der Waals surface area (Å²) in [6, 6.07) is 15.9. The fourth-order valence-electron chi connectivity index (χ4n) is 2.96. The number of nitrogens with one attached hydrogen (secondary N) is 2. The van der Waals surface area contributed by atoms with Gasteiger partial charge in [-0.05, 0) is 43.8 Å². The molecule has 3 rings (SSSR count). The van der Waals surface area contributed by atoms with Crippen LogP contribution >= 0.6 is 28.1 Å². The van der Waals surface area contributed by atoms with Gasteiger partial charge in [-0.2, -0.15) is 5.10 Å².